The standard InChI is InChI=1S/C11H7FN2O2/c1-6-4-7(12)5-8-9(6)14(3-2-13)11(16)10(8)15/h4-5H,3H2,1H3. The summed E-state index contributed by atoms with van der Waals surface area (Å²) >= 11 is 0. The second-order valence-electron chi connectivity index (χ2n) is 3.50. The van der Waals surface area contributed by atoms with E-state index in [9.17, 15) is 14.0 Å². The van der Waals surface area contributed by atoms with Crippen molar-refractivity contribution in [2.75, 3.05) is 11.4 Å². The summed E-state index contributed by atoms with van der Waals surface area (Å²) in [5.74, 6) is -2.09. The summed E-state index contributed by atoms with van der Waals surface area (Å²) in [5, 5.41) is 8.57. The number of benzene rings is 1. The molecule has 0 bridgehead atoms. The van der Waals surface area contributed by atoms with Crippen molar-refractivity contribution in [1.29, 1.82) is 5.26 Å². The van der Waals surface area contributed by atoms with Crippen molar-refractivity contribution in [3.8, 4) is 6.07 Å². The number of nitriles is 1. The number of Topliss-reactive ketones (excluding diaryl/α,β-unsaturated/α-hetero) is 1. The van der Waals surface area contributed by atoms with Crippen molar-refractivity contribution in [3.05, 3.63) is 29.1 Å². The van der Waals surface area contributed by atoms with E-state index in [1.54, 1.807) is 13.0 Å². The van der Waals surface area contributed by atoms with Crippen LogP contribution >= 0.6 is 0 Å². The second kappa shape index (κ2) is 3.42. The maximum atomic E-state index is 13.1. The summed E-state index contributed by atoms with van der Waals surface area (Å²) in [6.07, 6.45) is 0. The van der Waals surface area contributed by atoms with E-state index >= 15 is 0 Å². The van der Waals surface area contributed by atoms with E-state index < -0.39 is 17.5 Å². The van der Waals surface area contributed by atoms with Gasteiger partial charge in [-0.15, -0.1) is 0 Å². The van der Waals surface area contributed by atoms with Crippen LogP contribution in [0.15, 0.2) is 12.1 Å². The highest BCUT2D eigenvalue weighted by molar-refractivity contribution is 6.52. The molecule has 16 heavy (non-hydrogen) atoms. The highest BCUT2D eigenvalue weighted by Gasteiger charge is 2.37. The van der Waals surface area contributed by atoms with Gasteiger partial charge in [-0.3, -0.25) is 14.5 Å². The minimum atomic E-state index is -0.773. The lowest BCUT2D eigenvalue weighted by atomic mass is 10.1. The molecule has 4 nitrogen and oxygen atoms in total. The highest BCUT2D eigenvalue weighted by Crippen LogP contribution is 2.32. The number of aryl methyl sites for hydroxylation is 1. The van der Waals surface area contributed by atoms with Gasteiger partial charge in [0.2, 0.25) is 0 Å². The Morgan fingerprint density at radius 2 is 2.12 bits per heavy atom. The van der Waals surface area contributed by atoms with E-state index in [1.165, 1.54) is 6.07 Å². The van der Waals surface area contributed by atoms with Crippen LogP contribution in [-0.2, 0) is 4.79 Å². The molecule has 0 atom stereocenters. The molecule has 0 saturated heterocycles. The number of nitrogens with zero attached hydrogens (tertiary/aromatic N) is 2. The normalized spacial score (nSPS) is 13.9. The van der Waals surface area contributed by atoms with Crippen LogP contribution in [0.1, 0.15) is 15.9 Å². The average Bonchev–Trinajstić information content (AvgIpc) is 2.44. The van der Waals surface area contributed by atoms with Crippen LogP contribution in [0.2, 0.25) is 0 Å². The van der Waals surface area contributed by atoms with Crippen LogP contribution in [0, 0.1) is 24.1 Å². The van der Waals surface area contributed by atoms with E-state index in [2.05, 4.69) is 0 Å². The molecule has 0 aliphatic carbocycles. The molecule has 1 aromatic rings. The van der Waals surface area contributed by atoms with Crippen LogP contribution in [0.5, 0.6) is 0 Å². The summed E-state index contributed by atoms with van der Waals surface area (Å²) < 4.78 is 13.1. The molecule has 1 aliphatic rings. The number of hydrogen-bond donors (Lipinski definition) is 0. The minimum Gasteiger partial charge on any atom is -0.291 e. The molecule has 1 aliphatic heterocycles. The monoisotopic (exact) mass is 218 g/mol. The molecule has 2 rings (SSSR count). The Hall–Kier alpha value is -2.22. The zero-order valence-electron chi connectivity index (χ0n) is 8.45. The Labute approximate surface area is 90.9 Å². The summed E-state index contributed by atoms with van der Waals surface area (Å²) in [6, 6.07) is 4.06. The van der Waals surface area contributed by atoms with Gasteiger partial charge in [-0.2, -0.15) is 5.26 Å². The molecule has 0 aromatic heterocycles. The van der Waals surface area contributed by atoms with Crippen LogP contribution in [0.3, 0.4) is 0 Å². The van der Waals surface area contributed by atoms with Gasteiger partial charge < -0.3 is 0 Å². The molecule has 0 spiro atoms. The number of fused-ring (bicyclic) bond motifs is 1. The molecular weight excluding hydrogens is 211 g/mol. The molecule has 0 fully saturated rings. The number of carbonyl (C=O) groups is 2. The maximum Gasteiger partial charge on any atom is 0.300 e. The largest absolute Gasteiger partial charge is 0.300 e. The summed E-state index contributed by atoms with van der Waals surface area (Å²) in [6.45, 7) is 1.39. The average molecular weight is 218 g/mol. The Kier molecular flexibility index (Phi) is 2.20. The van der Waals surface area contributed by atoms with E-state index in [0.29, 0.717) is 11.3 Å². The lowest BCUT2D eigenvalue weighted by Crippen LogP contribution is -2.30. The molecule has 5 heteroatoms. The van der Waals surface area contributed by atoms with Gasteiger partial charge in [0.1, 0.15) is 12.4 Å². The molecule has 80 valence electrons. The lowest BCUT2D eigenvalue weighted by molar-refractivity contribution is -0.114. The first kappa shape index (κ1) is 10.3. The van der Waals surface area contributed by atoms with Gasteiger partial charge in [-0.25, -0.2) is 4.39 Å². The summed E-state index contributed by atoms with van der Waals surface area (Å²) in [5.41, 5.74) is 0.861. The van der Waals surface area contributed by atoms with Gasteiger partial charge in [0.15, 0.2) is 0 Å². The van der Waals surface area contributed by atoms with Crippen LogP contribution in [0.25, 0.3) is 0 Å². The van der Waals surface area contributed by atoms with Gasteiger partial charge >= 0.3 is 0 Å². The first-order valence-corrected chi connectivity index (χ1v) is 4.59. The zero-order valence-corrected chi connectivity index (χ0v) is 8.45. The van der Waals surface area contributed by atoms with Crippen LogP contribution in [-0.4, -0.2) is 18.2 Å². The van der Waals surface area contributed by atoms with Gasteiger partial charge in [-0.1, -0.05) is 0 Å². The lowest BCUT2D eigenvalue weighted by Gasteiger charge is -2.14. The number of carbonyl (C=O) groups excluding carboxylic acids is 2. The van der Waals surface area contributed by atoms with Gasteiger partial charge in [0, 0.05) is 0 Å². The van der Waals surface area contributed by atoms with Crippen molar-refractivity contribution in [3.63, 3.8) is 0 Å². The van der Waals surface area contributed by atoms with E-state index in [0.717, 1.165) is 11.0 Å². The summed E-state index contributed by atoms with van der Waals surface area (Å²) in [7, 11) is 0. The highest BCUT2D eigenvalue weighted by atomic mass is 19.1. The topological polar surface area (TPSA) is 61.2 Å². The fourth-order valence-electron chi connectivity index (χ4n) is 1.83. The SMILES string of the molecule is Cc1cc(F)cc2c1N(CC#N)C(=O)C2=O. The first-order valence-electron chi connectivity index (χ1n) is 4.59. The van der Waals surface area contributed by atoms with Crippen molar-refractivity contribution in [2.24, 2.45) is 0 Å². The van der Waals surface area contributed by atoms with Crippen molar-refractivity contribution in [1.82, 2.24) is 0 Å². The van der Waals surface area contributed by atoms with Crippen LogP contribution in [0.4, 0.5) is 10.1 Å². The molecule has 1 aromatic carbocycles. The van der Waals surface area contributed by atoms with Crippen LogP contribution < -0.4 is 4.90 Å². The predicted octanol–water partition coefficient (Wildman–Crippen LogP) is 1.19. The number of hydrogen-bond acceptors (Lipinski definition) is 3. The third-order valence-corrected chi connectivity index (χ3v) is 2.45. The van der Waals surface area contributed by atoms with Crippen molar-refractivity contribution in [2.45, 2.75) is 6.92 Å². The Balaban J connectivity index is 2.66. The summed E-state index contributed by atoms with van der Waals surface area (Å²) in [4.78, 5) is 24.1. The van der Waals surface area contributed by atoms with E-state index in [-0.39, 0.29) is 12.1 Å². The third-order valence-electron chi connectivity index (χ3n) is 2.45. The molecule has 1 heterocycles. The number of amides is 1. The van der Waals surface area contributed by atoms with E-state index in [1.807, 2.05) is 0 Å². The Morgan fingerprint density at radius 3 is 2.75 bits per heavy atom. The smallest absolute Gasteiger partial charge is 0.291 e. The molecule has 0 unspecified atom stereocenters. The van der Waals surface area contributed by atoms with Gasteiger partial charge in [-0.05, 0) is 24.6 Å². The second-order valence-corrected chi connectivity index (χ2v) is 3.50. The number of halogens is 1. The molecule has 0 saturated carbocycles. The molecular formula is C11H7FN2O2. The maximum absolute atomic E-state index is 13.1. The minimum absolute atomic E-state index is 0.0396. The molecule has 0 N–H and O–H groups in total. The number of ketones is 1. The Morgan fingerprint density at radius 1 is 1.44 bits per heavy atom. The molecule has 1 amide bonds. The Bertz CT molecular complexity index is 546. The number of rotatable bonds is 1. The third kappa shape index (κ3) is 1.27. The van der Waals surface area contributed by atoms with Crippen molar-refractivity contribution < 1.29 is 14.0 Å². The van der Waals surface area contributed by atoms with Gasteiger partial charge in [0.25, 0.3) is 11.7 Å². The van der Waals surface area contributed by atoms with Gasteiger partial charge in [0.05, 0.1) is 17.3 Å². The zero-order chi connectivity index (χ0) is 11.9. The predicted molar refractivity (Wildman–Crippen MR) is 53.4 cm³/mol. The fraction of sp³-hybridized carbons (Fsp3) is 0.182. The molecule has 0 radical (unpaired) electrons. The number of anilines is 1. The quantitative estimate of drug-likeness (QED) is 0.525. The van der Waals surface area contributed by atoms with Crippen molar-refractivity contribution >= 4 is 17.4 Å². The first-order chi connectivity index (χ1) is 7.56. The fourth-order valence-corrected chi connectivity index (χ4v) is 1.83. The van der Waals surface area contributed by atoms with E-state index in [4.69, 9.17) is 5.26 Å².